The molecule has 1 rings (SSSR count). The first-order valence-electron chi connectivity index (χ1n) is 23.2. The van der Waals surface area contributed by atoms with E-state index in [1.165, 1.54) is 38.5 Å². The van der Waals surface area contributed by atoms with Crippen molar-refractivity contribution in [3.8, 4) is 0 Å². The largest absolute Gasteiger partial charge is 0.472 e. The van der Waals surface area contributed by atoms with Gasteiger partial charge in [0.05, 0.1) is 38.1 Å². The topological polar surface area (TPSA) is 273 Å². The zero-order valence-electron chi connectivity index (χ0n) is 37.8. The third-order valence-electron chi connectivity index (χ3n) is 10.8. The predicted molar refractivity (Wildman–Crippen MR) is 237 cm³/mol. The number of rotatable bonds is 40. The standard InChI is InChI=1S/C44H80O17P2/c1-3-5-7-8-9-10-11-12-13-14-15-16-17-18-20-25-43(50)57-33-38(34-60-63(55,56)59-32-37(47)31-58-62(52,53)54)61-44(51)26-22-21-24-36(46)29-40-39(41(48)30-42(40)49)28-27-35(45)23-19-6-4-2/h12-13,27-28,35,37-42,45,47-49H,3-11,14-26,29-34H2,1-2H3,(H,55,56)(H2,52,53,54)/b13-12-,28-27+/t35-,37-,38+,39+,40+,41+,42-/m0/s1. The first-order chi connectivity index (χ1) is 30.0. The summed E-state index contributed by atoms with van der Waals surface area (Å²) < 4.78 is 47.7. The van der Waals surface area contributed by atoms with Crippen LogP contribution in [0.2, 0.25) is 0 Å². The Kier molecular flexibility index (Phi) is 33.2. The first kappa shape index (κ1) is 59.2. The van der Waals surface area contributed by atoms with Gasteiger partial charge in [0.15, 0.2) is 6.10 Å². The summed E-state index contributed by atoms with van der Waals surface area (Å²) in [6.07, 6.45) is 20.9. The van der Waals surface area contributed by atoms with Crippen LogP contribution in [0.5, 0.6) is 0 Å². The number of Topliss-reactive ketones (excluding diaryl/α,β-unsaturated/α-hetero) is 1. The van der Waals surface area contributed by atoms with Gasteiger partial charge in [-0.1, -0.05) is 109 Å². The van der Waals surface area contributed by atoms with E-state index in [-0.39, 0.29) is 44.3 Å². The molecule has 0 aromatic carbocycles. The molecule has 1 unspecified atom stereocenters. The van der Waals surface area contributed by atoms with E-state index in [9.17, 15) is 48.8 Å². The van der Waals surface area contributed by atoms with Gasteiger partial charge in [0, 0.05) is 43.9 Å². The fraction of sp³-hybridized carbons (Fsp3) is 0.841. The molecule has 0 aromatic heterocycles. The minimum Gasteiger partial charge on any atom is -0.462 e. The van der Waals surface area contributed by atoms with E-state index in [1.54, 1.807) is 12.2 Å². The molecule has 0 spiro atoms. The zero-order valence-corrected chi connectivity index (χ0v) is 39.5. The predicted octanol–water partition coefficient (Wildman–Crippen LogP) is 7.46. The number of allylic oxidation sites excluding steroid dienone is 2. The Balaban J connectivity index is 2.59. The SMILES string of the molecule is CCCCCCCC/C=C\CCCCCCCC(=O)OC[C@H](COP(=O)(O)OC[C@@H](O)COP(=O)(O)O)OC(=O)CCCCC(=O)C[C@@H]1[C@@H](/C=C/[C@@H](O)CCCCC)[C@H](O)C[C@@H]1O. The van der Waals surface area contributed by atoms with E-state index in [0.29, 0.717) is 19.3 Å². The van der Waals surface area contributed by atoms with Crippen molar-refractivity contribution < 1.29 is 81.7 Å². The molecule has 7 N–H and O–H groups in total. The number of unbranched alkanes of at least 4 members (excludes halogenated alkanes) is 14. The summed E-state index contributed by atoms with van der Waals surface area (Å²) in [4.78, 5) is 65.9. The van der Waals surface area contributed by atoms with Gasteiger partial charge in [-0.3, -0.25) is 28.0 Å². The molecule has 0 saturated heterocycles. The van der Waals surface area contributed by atoms with E-state index in [0.717, 1.165) is 57.8 Å². The van der Waals surface area contributed by atoms with Crippen LogP contribution in [0.15, 0.2) is 24.3 Å². The lowest BCUT2D eigenvalue weighted by atomic mass is 9.87. The Hall–Kier alpha value is -1.85. The molecule has 1 aliphatic carbocycles. The molecule has 63 heavy (non-hydrogen) atoms. The van der Waals surface area contributed by atoms with Crippen LogP contribution < -0.4 is 0 Å². The molecule has 0 bridgehead atoms. The van der Waals surface area contributed by atoms with E-state index in [1.807, 2.05) is 0 Å². The fourth-order valence-corrected chi connectivity index (χ4v) is 8.32. The summed E-state index contributed by atoms with van der Waals surface area (Å²) in [7, 11) is -9.83. The Morgan fingerprint density at radius 1 is 0.651 bits per heavy atom. The molecule has 1 saturated carbocycles. The summed E-state index contributed by atoms with van der Waals surface area (Å²) in [5, 5.41) is 41.1. The number of carbonyl (C=O) groups excluding carboxylic acids is 3. The second-order valence-corrected chi connectivity index (χ2v) is 19.3. The van der Waals surface area contributed by atoms with Crippen molar-refractivity contribution >= 4 is 33.4 Å². The summed E-state index contributed by atoms with van der Waals surface area (Å²) >= 11 is 0. The minimum atomic E-state index is -4.91. The van der Waals surface area contributed by atoms with Gasteiger partial charge < -0.3 is 44.6 Å². The zero-order chi connectivity index (χ0) is 46.9. The molecular weight excluding hydrogens is 862 g/mol. The third kappa shape index (κ3) is 32.5. The number of ether oxygens (including phenoxy) is 2. The van der Waals surface area contributed by atoms with Gasteiger partial charge in [-0.2, -0.15) is 0 Å². The number of ketones is 1. The van der Waals surface area contributed by atoms with Gasteiger partial charge >= 0.3 is 27.6 Å². The highest BCUT2D eigenvalue weighted by Crippen LogP contribution is 2.44. The van der Waals surface area contributed by atoms with Gasteiger partial charge in [-0.15, -0.1) is 0 Å². The van der Waals surface area contributed by atoms with Crippen molar-refractivity contribution in [3.63, 3.8) is 0 Å². The second-order valence-electron chi connectivity index (χ2n) is 16.6. The van der Waals surface area contributed by atoms with Crippen molar-refractivity contribution in [2.75, 3.05) is 26.4 Å². The molecule has 0 radical (unpaired) electrons. The molecule has 368 valence electrons. The molecule has 17 nitrogen and oxygen atoms in total. The van der Waals surface area contributed by atoms with Crippen LogP contribution >= 0.6 is 15.6 Å². The lowest BCUT2D eigenvalue weighted by Gasteiger charge is -2.21. The maximum Gasteiger partial charge on any atom is 0.472 e. The van der Waals surface area contributed by atoms with Gasteiger partial charge in [0.2, 0.25) is 0 Å². The average molecular weight is 943 g/mol. The van der Waals surface area contributed by atoms with Crippen molar-refractivity contribution in [2.24, 2.45) is 11.8 Å². The van der Waals surface area contributed by atoms with Gasteiger partial charge in [-0.25, -0.2) is 9.13 Å². The number of hydrogen-bond acceptors (Lipinski definition) is 14. The molecule has 1 aliphatic rings. The molecule has 0 heterocycles. The summed E-state index contributed by atoms with van der Waals surface area (Å²) in [6.45, 7) is 1.22. The van der Waals surface area contributed by atoms with Crippen LogP contribution in [0.3, 0.4) is 0 Å². The van der Waals surface area contributed by atoms with Gasteiger partial charge in [-0.05, 0) is 51.4 Å². The fourth-order valence-electron chi connectivity index (χ4n) is 7.16. The maximum absolute atomic E-state index is 12.9. The molecule has 8 atom stereocenters. The van der Waals surface area contributed by atoms with E-state index < -0.39 is 96.4 Å². The molecule has 0 aromatic rings. The van der Waals surface area contributed by atoms with Crippen molar-refractivity contribution in [1.82, 2.24) is 0 Å². The molecular formula is C44H80O17P2. The van der Waals surface area contributed by atoms with Crippen molar-refractivity contribution in [2.45, 2.75) is 198 Å². The van der Waals surface area contributed by atoms with Crippen LogP contribution in [0, 0.1) is 11.8 Å². The Labute approximate surface area is 375 Å². The second kappa shape index (κ2) is 35.4. The maximum atomic E-state index is 12.9. The van der Waals surface area contributed by atoms with Crippen LogP contribution in [0.1, 0.15) is 168 Å². The number of phosphoric ester groups is 2. The van der Waals surface area contributed by atoms with Gasteiger partial charge in [0.25, 0.3) is 0 Å². The Morgan fingerprint density at radius 2 is 1.19 bits per heavy atom. The van der Waals surface area contributed by atoms with Crippen molar-refractivity contribution in [1.29, 1.82) is 0 Å². The van der Waals surface area contributed by atoms with Crippen LogP contribution in [-0.4, -0.2) is 110 Å². The third-order valence-corrected chi connectivity index (χ3v) is 12.2. The van der Waals surface area contributed by atoms with Crippen LogP contribution in [0.25, 0.3) is 0 Å². The Morgan fingerprint density at radius 3 is 1.84 bits per heavy atom. The Bertz CT molecular complexity index is 1390. The first-order valence-corrected chi connectivity index (χ1v) is 26.2. The normalized spacial score (nSPS) is 20.5. The lowest BCUT2D eigenvalue weighted by Crippen LogP contribution is -2.30. The van der Waals surface area contributed by atoms with Crippen molar-refractivity contribution in [3.05, 3.63) is 24.3 Å². The van der Waals surface area contributed by atoms with E-state index >= 15 is 0 Å². The molecule has 0 aliphatic heterocycles. The number of carbonyl (C=O) groups is 3. The summed E-state index contributed by atoms with van der Waals surface area (Å²) in [6, 6.07) is 0. The highest BCUT2D eigenvalue weighted by atomic mass is 31.2. The molecule has 19 heteroatoms. The highest BCUT2D eigenvalue weighted by Gasteiger charge is 2.41. The number of aliphatic hydroxyl groups excluding tert-OH is 4. The van der Waals surface area contributed by atoms with Crippen LogP contribution in [0.4, 0.5) is 0 Å². The number of esters is 2. The lowest BCUT2D eigenvalue weighted by molar-refractivity contribution is -0.161. The number of phosphoric acid groups is 2. The average Bonchev–Trinajstić information content (AvgIpc) is 3.49. The monoisotopic (exact) mass is 942 g/mol. The minimum absolute atomic E-state index is 0.0163. The molecule has 0 amide bonds. The molecule has 1 fully saturated rings. The summed E-state index contributed by atoms with van der Waals surface area (Å²) in [5.74, 6) is -2.49. The highest BCUT2D eigenvalue weighted by molar-refractivity contribution is 7.47. The van der Waals surface area contributed by atoms with Gasteiger partial charge in [0.1, 0.15) is 18.5 Å². The quantitative estimate of drug-likeness (QED) is 0.0136. The summed E-state index contributed by atoms with van der Waals surface area (Å²) in [5.41, 5.74) is 0. The van der Waals surface area contributed by atoms with Crippen LogP contribution in [-0.2, 0) is 46.6 Å². The smallest absolute Gasteiger partial charge is 0.462 e. The number of hydrogen-bond donors (Lipinski definition) is 7. The van der Waals surface area contributed by atoms with E-state index in [4.69, 9.17) is 23.8 Å². The van der Waals surface area contributed by atoms with E-state index in [2.05, 4.69) is 35.0 Å². The number of aliphatic hydroxyl groups is 4.